The van der Waals surface area contributed by atoms with Crippen molar-refractivity contribution in [2.24, 2.45) is 4.99 Å². The number of halogens is 1. The number of carbonyl (C=O) groups excluding carboxylic acids is 1. The van der Waals surface area contributed by atoms with Gasteiger partial charge in [-0.2, -0.15) is 0 Å². The molecule has 0 aromatic heterocycles. The zero-order valence-corrected chi connectivity index (χ0v) is 20.1. The molecule has 0 aromatic rings. The fourth-order valence-electron chi connectivity index (χ4n) is 3.20. The van der Waals surface area contributed by atoms with Gasteiger partial charge in [-0.3, -0.25) is 4.99 Å². The minimum atomic E-state index is -0.466. The van der Waals surface area contributed by atoms with Crippen molar-refractivity contribution in [1.29, 1.82) is 0 Å². The van der Waals surface area contributed by atoms with Crippen LogP contribution in [0.15, 0.2) is 16.6 Å². The average Bonchev–Trinajstić information content (AvgIpc) is 2.61. The largest absolute Gasteiger partial charge is 0.444 e. The summed E-state index contributed by atoms with van der Waals surface area (Å²) in [6, 6.07) is 0.186. The van der Waals surface area contributed by atoms with E-state index < -0.39 is 5.60 Å². The number of aliphatic imine (C=N–C) groups is 1. The molecule has 1 amide bonds. The van der Waals surface area contributed by atoms with Gasteiger partial charge in [-0.05, 0) is 53.4 Å². The van der Waals surface area contributed by atoms with Crippen molar-refractivity contribution in [3.05, 3.63) is 11.6 Å². The van der Waals surface area contributed by atoms with Crippen LogP contribution < -0.4 is 10.6 Å². The zero-order chi connectivity index (χ0) is 19.7. The van der Waals surface area contributed by atoms with E-state index in [4.69, 9.17) is 14.5 Å². The van der Waals surface area contributed by atoms with E-state index in [1.807, 2.05) is 20.8 Å². The molecule has 0 aliphatic carbocycles. The second-order valence-corrected chi connectivity index (χ2v) is 8.11. The number of amides is 1. The van der Waals surface area contributed by atoms with Crippen LogP contribution in [0.1, 0.15) is 53.4 Å². The molecule has 0 aromatic carbocycles. The maximum atomic E-state index is 12.3. The molecule has 2 rings (SSSR count). The van der Waals surface area contributed by atoms with Gasteiger partial charge in [0.1, 0.15) is 5.60 Å². The zero-order valence-electron chi connectivity index (χ0n) is 17.8. The minimum Gasteiger partial charge on any atom is -0.444 e. The Bertz CT molecular complexity index is 546. The molecule has 2 aliphatic heterocycles. The quantitative estimate of drug-likeness (QED) is 0.258. The SMILES string of the molecule is CCNC(=NCCC1=CCOCC1)NC1CCCN(C(=O)OC(C)(C)C)C1.I. The number of guanidine groups is 1. The highest BCUT2D eigenvalue weighted by molar-refractivity contribution is 14.0. The summed E-state index contributed by atoms with van der Waals surface area (Å²) in [4.78, 5) is 18.8. The minimum absolute atomic E-state index is 0. The molecule has 2 heterocycles. The molecule has 1 unspecified atom stereocenters. The molecule has 7 nitrogen and oxygen atoms in total. The topological polar surface area (TPSA) is 75.2 Å². The third kappa shape index (κ3) is 9.45. The second-order valence-electron chi connectivity index (χ2n) is 8.11. The van der Waals surface area contributed by atoms with E-state index in [2.05, 4.69) is 23.6 Å². The Labute approximate surface area is 186 Å². The molecule has 2 aliphatic rings. The number of ether oxygens (including phenoxy) is 2. The van der Waals surface area contributed by atoms with Gasteiger partial charge in [0, 0.05) is 32.2 Å². The highest BCUT2D eigenvalue weighted by Gasteiger charge is 2.28. The lowest BCUT2D eigenvalue weighted by Crippen LogP contribution is -2.53. The summed E-state index contributed by atoms with van der Waals surface area (Å²) < 4.78 is 10.9. The number of hydrogen-bond acceptors (Lipinski definition) is 4. The van der Waals surface area contributed by atoms with Crippen molar-refractivity contribution >= 4 is 36.0 Å². The Morgan fingerprint density at radius 3 is 2.86 bits per heavy atom. The Kier molecular flexibility index (Phi) is 11.2. The van der Waals surface area contributed by atoms with Gasteiger partial charge in [0.05, 0.1) is 13.2 Å². The Morgan fingerprint density at radius 2 is 2.21 bits per heavy atom. The molecule has 1 atom stereocenters. The van der Waals surface area contributed by atoms with Crippen molar-refractivity contribution < 1.29 is 14.3 Å². The number of piperidine rings is 1. The fraction of sp³-hybridized carbons (Fsp3) is 0.800. The maximum absolute atomic E-state index is 12.3. The molecule has 162 valence electrons. The van der Waals surface area contributed by atoms with Crippen molar-refractivity contribution in [2.45, 2.75) is 65.0 Å². The van der Waals surface area contributed by atoms with Gasteiger partial charge >= 0.3 is 6.09 Å². The number of nitrogens with zero attached hydrogens (tertiary/aromatic N) is 2. The third-order valence-corrected chi connectivity index (χ3v) is 4.52. The predicted molar refractivity (Wildman–Crippen MR) is 123 cm³/mol. The standard InChI is InChI=1S/C20H36N4O3.HI/c1-5-21-18(22-11-8-16-9-13-26-14-10-16)23-17-7-6-12-24(15-17)19(25)27-20(2,3)4;/h9,17H,5-8,10-15H2,1-4H3,(H2,21,22,23);1H. The van der Waals surface area contributed by atoms with Crippen LogP contribution in [-0.4, -0.2) is 68.0 Å². The van der Waals surface area contributed by atoms with Crippen LogP contribution in [0.2, 0.25) is 0 Å². The smallest absolute Gasteiger partial charge is 0.410 e. The van der Waals surface area contributed by atoms with Crippen molar-refractivity contribution in [3.8, 4) is 0 Å². The van der Waals surface area contributed by atoms with Gasteiger partial charge in [0.15, 0.2) is 5.96 Å². The summed E-state index contributed by atoms with van der Waals surface area (Å²) in [7, 11) is 0. The maximum Gasteiger partial charge on any atom is 0.410 e. The van der Waals surface area contributed by atoms with Gasteiger partial charge in [0.2, 0.25) is 0 Å². The molecular formula is C20H37IN4O3. The molecule has 1 saturated heterocycles. The van der Waals surface area contributed by atoms with E-state index >= 15 is 0 Å². The van der Waals surface area contributed by atoms with E-state index in [0.29, 0.717) is 6.54 Å². The first kappa shape index (κ1) is 25.0. The molecule has 0 bridgehead atoms. The molecule has 28 heavy (non-hydrogen) atoms. The summed E-state index contributed by atoms with van der Waals surface area (Å²) in [6.45, 7) is 12.2. The van der Waals surface area contributed by atoms with Crippen molar-refractivity contribution in [2.75, 3.05) is 39.4 Å². The lowest BCUT2D eigenvalue weighted by molar-refractivity contribution is 0.0193. The lowest BCUT2D eigenvalue weighted by Gasteiger charge is -2.35. The molecular weight excluding hydrogens is 471 g/mol. The van der Waals surface area contributed by atoms with Gasteiger partial charge < -0.3 is 25.0 Å². The van der Waals surface area contributed by atoms with E-state index in [9.17, 15) is 4.79 Å². The second kappa shape index (κ2) is 12.5. The first-order valence-corrected chi connectivity index (χ1v) is 10.2. The number of hydrogen-bond donors (Lipinski definition) is 2. The van der Waals surface area contributed by atoms with E-state index in [1.54, 1.807) is 4.90 Å². The summed E-state index contributed by atoms with van der Waals surface area (Å²) in [5.74, 6) is 0.821. The molecule has 0 radical (unpaired) electrons. The highest BCUT2D eigenvalue weighted by atomic mass is 127. The Hall–Kier alpha value is -1.03. The van der Waals surface area contributed by atoms with Crippen molar-refractivity contribution in [3.63, 3.8) is 0 Å². The average molecular weight is 508 g/mol. The normalized spacial score (nSPS) is 20.7. The van der Waals surface area contributed by atoms with Crippen LogP contribution in [0.5, 0.6) is 0 Å². The highest BCUT2D eigenvalue weighted by Crippen LogP contribution is 2.15. The third-order valence-electron chi connectivity index (χ3n) is 4.52. The van der Waals surface area contributed by atoms with Gasteiger partial charge in [-0.25, -0.2) is 4.79 Å². The van der Waals surface area contributed by atoms with Crippen LogP contribution >= 0.6 is 24.0 Å². The molecule has 2 N–H and O–H groups in total. The molecule has 0 saturated carbocycles. The van der Waals surface area contributed by atoms with Crippen LogP contribution in [0.25, 0.3) is 0 Å². The van der Waals surface area contributed by atoms with Crippen LogP contribution in [-0.2, 0) is 9.47 Å². The van der Waals surface area contributed by atoms with Crippen LogP contribution in [0, 0.1) is 0 Å². The molecule has 1 fully saturated rings. The molecule has 8 heteroatoms. The van der Waals surface area contributed by atoms with Crippen molar-refractivity contribution in [1.82, 2.24) is 15.5 Å². The number of likely N-dealkylation sites (tertiary alicyclic amines) is 1. The Balaban J connectivity index is 0.00000392. The first-order valence-electron chi connectivity index (χ1n) is 10.2. The van der Waals surface area contributed by atoms with E-state index in [0.717, 1.165) is 64.5 Å². The van der Waals surface area contributed by atoms with E-state index in [1.165, 1.54) is 5.57 Å². The predicted octanol–water partition coefficient (Wildman–Crippen LogP) is 3.30. The summed E-state index contributed by atoms with van der Waals surface area (Å²) in [5.41, 5.74) is 0.960. The van der Waals surface area contributed by atoms with Crippen LogP contribution in [0.4, 0.5) is 4.79 Å². The first-order chi connectivity index (χ1) is 12.9. The van der Waals surface area contributed by atoms with E-state index in [-0.39, 0.29) is 36.1 Å². The Morgan fingerprint density at radius 1 is 1.43 bits per heavy atom. The lowest BCUT2D eigenvalue weighted by atomic mass is 10.1. The number of nitrogens with one attached hydrogen (secondary N) is 2. The number of rotatable bonds is 5. The van der Waals surface area contributed by atoms with Gasteiger partial charge in [0.25, 0.3) is 0 Å². The monoisotopic (exact) mass is 508 g/mol. The van der Waals surface area contributed by atoms with Crippen LogP contribution in [0.3, 0.4) is 0 Å². The summed E-state index contributed by atoms with van der Waals surface area (Å²) in [6.07, 6.45) is 5.89. The van der Waals surface area contributed by atoms with Gasteiger partial charge in [-0.1, -0.05) is 11.6 Å². The summed E-state index contributed by atoms with van der Waals surface area (Å²) in [5, 5.41) is 6.80. The fourth-order valence-corrected chi connectivity index (χ4v) is 3.20. The molecule has 0 spiro atoms. The summed E-state index contributed by atoms with van der Waals surface area (Å²) >= 11 is 0. The van der Waals surface area contributed by atoms with Gasteiger partial charge in [-0.15, -0.1) is 24.0 Å². The number of carbonyl (C=O) groups is 1.